The number of benzene rings is 1. The van der Waals surface area contributed by atoms with E-state index in [0.717, 1.165) is 5.56 Å². The molecule has 0 spiro atoms. The zero-order valence-electron chi connectivity index (χ0n) is 20.9. The third-order valence-corrected chi connectivity index (χ3v) is 8.44. The van der Waals surface area contributed by atoms with Gasteiger partial charge in [0.05, 0.1) is 22.7 Å². The summed E-state index contributed by atoms with van der Waals surface area (Å²) in [6.07, 6.45) is 4.14. The van der Waals surface area contributed by atoms with Crippen molar-refractivity contribution in [1.29, 1.82) is 5.26 Å². The number of carbonyl (C=O) groups excluding carboxylic acids is 1. The summed E-state index contributed by atoms with van der Waals surface area (Å²) in [5.41, 5.74) is 0.839. The maximum Gasteiger partial charge on any atom is 0.263 e. The molecule has 0 aliphatic carbocycles. The van der Waals surface area contributed by atoms with Gasteiger partial charge in [0, 0.05) is 31.4 Å². The molecule has 194 valence electrons. The van der Waals surface area contributed by atoms with E-state index in [4.69, 9.17) is 10.00 Å². The van der Waals surface area contributed by atoms with E-state index < -0.39 is 26.1 Å². The maximum atomic E-state index is 13.1. The largest absolute Gasteiger partial charge is 0.473 e. The number of amides is 1. The first-order valence-electron chi connectivity index (χ1n) is 11.5. The summed E-state index contributed by atoms with van der Waals surface area (Å²) in [5, 5.41) is 19.9. The minimum absolute atomic E-state index is 0.0406. The van der Waals surface area contributed by atoms with Gasteiger partial charge in [-0.15, -0.1) is 5.10 Å². The minimum atomic E-state index is -3.80. The molecule has 3 aromatic heterocycles. The van der Waals surface area contributed by atoms with Crippen molar-refractivity contribution in [1.82, 2.24) is 25.1 Å². The van der Waals surface area contributed by atoms with Gasteiger partial charge in [0.2, 0.25) is 0 Å². The van der Waals surface area contributed by atoms with E-state index in [1.54, 1.807) is 24.3 Å². The second-order valence-electron chi connectivity index (χ2n) is 9.11. The fourth-order valence-corrected chi connectivity index (χ4v) is 5.01. The van der Waals surface area contributed by atoms with Crippen molar-refractivity contribution < 1.29 is 17.9 Å². The molecule has 0 aliphatic rings. The number of nitrogens with zero attached hydrogens (tertiary/aromatic N) is 5. The van der Waals surface area contributed by atoms with Crippen LogP contribution in [0.3, 0.4) is 0 Å². The first kappa shape index (κ1) is 26.4. The molecule has 0 unspecified atom stereocenters. The zero-order valence-corrected chi connectivity index (χ0v) is 21.7. The zero-order chi connectivity index (χ0) is 27.5. The van der Waals surface area contributed by atoms with Crippen LogP contribution in [0.5, 0.6) is 5.88 Å². The van der Waals surface area contributed by atoms with Gasteiger partial charge in [-0.05, 0) is 49.7 Å². The third-order valence-electron chi connectivity index (χ3n) is 6.00. The molecular weight excluding hydrogens is 508 g/mol. The van der Waals surface area contributed by atoms with Crippen molar-refractivity contribution in [3.8, 4) is 11.9 Å². The lowest BCUT2D eigenvalue weighted by atomic mass is 10.1. The summed E-state index contributed by atoms with van der Waals surface area (Å²) >= 11 is 0. The lowest BCUT2D eigenvalue weighted by Crippen LogP contribution is -2.38. The van der Waals surface area contributed by atoms with Crippen molar-refractivity contribution in [2.45, 2.75) is 30.0 Å². The number of ether oxygens (including phenoxy) is 1. The van der Waals surface area contributed by atoms with Crippen molar-refractivity contribution in [3.05, 3.63) is 88.1 Å². The normalized spacial score (nSPS) is 11.6. The number of nitrogens with one attached hydrogen (secondary N) is 1. The summed E-state index contributed by atoms with van der Waals surface area (Å²) in [6, 6.07) is 13.1. The lowest BCUT2D eigenvalue weighted by Gasteiger charge is -2.24. The minimum Gasteiger partial charge on any atom is -0.473 e. The first-order valence-corrected chi connectivity index (χ1v) is 12.9. The summed E-state index contributed by atoms with van der Waals surface area (Å²) < 4.78 is 31.9. The molecule has 0 saturated heterocycles. The van der Waals surface area contributed by atoms with E-state index >= 15 is 0 Å². The number of carbonyl (C=O) groups is 1. The van der Waals surface area contributed by atoms with Crippen molar-refractivity contribution >= 4 is 26.6 Å². The quantitative estimate of drug-likeness (QED) is 0.359. The molecule has 1 amide bonds. The number of nitriles is 1. The smallest absolute Gasteiger partial charge is 0.263 e. The van der Waals surface area contributed by atoms with E-state index in [0.29, 0.717) is 10.9 Å². The Morgan fingerprint density at radius 2 is 1.92 bits per heavy atom. The summed E-state index contributed by atoms with van der Waals surface area (Å²) in [6.45, 7) is 2.92. The van der Waals surface area contributed by atoms with Gasteiger partial charge >= 0.3 is 0 Å². The van der Waals surface area contributed by atoms with Crippen LogP contribution in [0.4, 0.5) is 0 Å². The average molecular weight is 533 g/mol. The van der Waals surface area contributed by atoms with Crippen LogP contribution in [-0.4, -0.2) is 45.4 Å². The van der Waals surface area contributed by atoms with Crippen LogP contribution in [-0.2, 0) is 23.4 Å². The average Bonchev–Trinajstić information content (AvgIpc) is 2.93. The first-order chi connectivity index (χ1) is 18.0. The number of pyridine rings is 2. The molecule has 0 fully saturated rings. The molecule has 0 bridgehead atoms. The Morgan fingerprint density at radius 3 is 2.58 bits per heavy atom. The van der Waals surface area contributed by atoms with E-state index in [1.807, 2.05) is 6.07 Å². The van der Waals surface area contributed by atoms with Gasteiger partial charge in [-0.1, -0.05) is 12.1 Å². The van der Waals surface area contributed by atoms with Crippen LogP contribution in [0.2, 0.25) is 0 Å². The van der Waals surface area contributed by atoms with Gasteiger partial charge in [-0.2, -0.15) is 10.4 Å². The van der Waals surface area contributed by atoms with Gasteiger partial charge in [0.1, 0.15) is 22.4 Å². The number of rotatable bonds is 8. The van der Waals surface area contributed by atoms with Crippen molar-refractivity contribution in [3.63, 3.8) is 0 Å². The molecule has 11 nitrogen and oxygen atoms in total. The second kappa shape index (κ2) is 10.4. The Morgan fingerprint density at radius 1 is 1.18 bits per heavy atom. The number of hydrogen-bond donors (Lipinski definition) is 1. The molecule has 38 heavy (non-hydrogen) atoms. The highest BCUT2D eigenvalue weighted by atomic mass is 32.2. The van der Waals surface area contributed by atoms with Crippen LogP contribution in [0, 0.1) is 11.3 Å². The topological polar surface area (TPSA) is 157 Å². The summed E-state index contributed by atoms with van der Waals surface area (Å²) in [5.74, 6) is -0.624. The fraction of sp³-hybridized carbons (Fsp3) is 0.231. The molecule has 3 heterocycles. The Labute approximate surface area is 218 Å². The van der Waals surface area contributed by atoms with Gasteiger partial charge in [-0.3, -0.25) is 14.6 Å². The molecule has 12 heteroatoms. The van der Waals surface area contributed by atoms with Crippen LogP contribution in [0.1, 0.15) is 35.3 Å². The Kier molecular flexibility index (Phi) is 7.23. The molecular formula is C26H24N6O5S. The molecule has 4 aromatic rings. The molecule has 4 rings (SSSR count). The fourth-order valence-electron chi connectivity index (χ4n) is 3.70. The number of fused-ring (bicyclic) bond motifs is 1. The van der Waals surface area contributed by atoms with Crippen LogP contribution < -0.4 is 15.6 Å². The Bertz CT molecular complexity index is 1710. The number of aromatic nitrogens is 4. The lowest BCUT2D eigenvalue weighted by molar-refractivity contribution is 0.0949. The summed E-state index contributed by atoms with van der Waals surface area (Å²) in [4.78, 5) is 29.8. The van der Waals surface area contributed by atoms with Gasteiger partial charge in [0.15, 0.2) is 9.84 Å². The SMILES string of the molecule is Cn1c(=O)c(C(=O)NCc2ccc(C#N)cc2)cc2cnnc(OCC(C)(C)S(=O)(=O)c3cccnc3)c21. The highest BCUT2D eigenvalue weighted by molar-refractivity contribution is 7.92. The predicted octanol–water partition coefficient (Wildman–Crippen LogP) is 2.16. The van der Waals surface area contributed by atoms with Crippen LogP contribution in [0.15, 0.2) is 70.7 Å². The van der Waals surface area contributed by atoms with Gasteiger partial charge < -0.3 is 14.6 Å². The maximum absolute atomic E-state index is 13.1. The van der Waals surface area contributed by atoms with Crippen molar-refractivity contribution in [2.24, 2.45) is 7.05 Å². The number of aryl methyl sites for hydroxylation is 1. The van der Waals surface area contributed by atoms with Gasteiger partial charge in [0.25, 0.3) is 17.3 Å². The standard InChI is InChI=1S/C26H24N6O5S/c1-26(2,38(35,36)20-5-4-10-28-15-20)16-37-24-22-19(14-30-31-24)11-21(25(34)32(22)3)23(33)29-13-18-8-6-17(12-27)7-9-18/h4-11,14-15H,13,16H2,1-3H3,(H,29,33). The van der Waals surface area contributed by atoms with Crippen LogP contribution >= 0.6 is 0 Å². The monoisotopic (exact) mass is 532 g/mol. The van der Waals surface area contributed by atoms with Crippen molar-refractivity contribution in [2.75, 3.05) is 6.61 Å². The highest BCUT2D eigenvalue weighted by Crippen LogP contribution is 2.27. The molecule has 1 N–H and O–H groups in total. The number of hydrogen-bond acceptors (Lipinski definition) is 9. The summed E-state index contributed by atoms with van der Waals surface area (Å²) in [7, 11) is -2.34. The second-order valence-corrected chi connectivity index (χ2v) is 11.7. The number of sulfone groups is 1. The Hall–Kier alpha value is -4.63. The molecule has 0 radical (unpaired) electrons. The molecule has 0 saturated carbocycles. The molecule has 0 aliphatic heterocycles. The van der Waals surface area contributed by atoms with Crippen LogP contribution in [0.25, 0.3) is 10.9 Å². The third kappa shape index (κ3) is 5.09. The predicted molar refractivity (Wildman–Crippen MR) is 138 cm³/mol. The highest BCUT2D eigenvalue weighted by Gasteiger charge is 2.37. The Balaban J connectivity index is 1.58. The van der Waals surface area contributed by atoms with E-state index in [2.05, 4.69) is 20.5 Å². The van der Waals surface area contributed by atoms with Gasteiger partial charge in [-0.25, -0.2) is 8.42 Å². The van der Waals surface area contributed by atoms with E-state index in [1.165, 1.54) is 62.3 Å². The molecule has 1 aromatic carbocycles. The molecule has 0 atom stereocenters. The van der Waals surface area contributed by atoms with E-state index in [9.17, 15) is 18.0 Å². The van der Waals surface area contributed by atoms with E-state index in [-0.39, 0.29) is 35.0 Å².